The summed E-state index contributed by atoms with van der Waals surface area (Å²) < 4.78 is 38.9. The van der Waals surface area contributed by atoms with Gasteiger partial charge >= 0.3 is 6.18 Å². The van der Waals surface area contributed by atoms with Crippen molar-refractivity contribution >= 4 is 17.3 Å². The molecule has 1 heterocycles. The van der Waals surface area contributed by atoms with Crippen LogP contribution in [0, 0.1) is 12.8 Å². The van der Waals surface area contributed by atoms with E-state index in [0.29, 0.717) is 13.0 Å². The van der Waals surface area contributed by atoms with Gasteiger partial charge in [-0.3, -0.25) is 4.79 Å². The first kappa shape index (κ1) is 16.4. The van der Waals surface area contributed by atoms with E-state index < -0.39 is 11.7 Å². The van der Waals surface area contributed by atoms with Gasteiger partial charge in [-0.1, -0.05) is 24.3 Å². The summed E-state index contributed by atoms with van der Waals surface area (Å²) in [5, 5.41) is 5.79. The van der Waals surface area contributed by atoms with Gasteiger partial charge < -0.3 is 10.6 Å². The van der Waals surface area contributed by atoms with E-state index in [-0.39, 0.29) is 23.1 Å². The molecule has 0 spiro atoms. The van der Waals surface area contributed by atoms with Gasteiger partial charge in [-0.05, 0) is 42.7 Å². The molecule has 0 bridgehead atoms. The van der Waals surface area contributed by atoms with Gasteiger partial charge in [0.2, 0.25) is 5.91 Å². The summed E-state index contributed by atoms with van der Waals surface area (Å²) in [7, 11) is 0. The normalized spacial score (nSPS) is 16.9. The summed E-state index contributed by atoms with van der Waals surface area (Å²) in [6.07, 6.45) is -3.87. The van der Waals surface area contributed by atoms with Crippen molar-refractivity contribution in [1.29, 1.82) is 0 Å². The third-order valence-electron chi connectivity index (χ3n) is 4.20. The van der Waals surface area contributed by atoms with Gasteiger partial charge in [-0.15, -0.1) is 0 Å². The highest BCUT2D eigenvalue weighted by atomic mass is 19.4. The minimum Gasteiger partial charge on any atom is -0.384 e. The maximum atomic E-state index is 13.0. The molecule has 0 saturated carbocycles. The molecule has 1 aliphatic rings. The van der Waals surface area contributed by atoms with Crippen LogP contribution in [0.15, 0.2) is 42.5 Å². The van der Waals surface area contributed by atoms with Crippen molar-refractivity contribution in [3.8, 4) is 0 Å². The van der Waals surface area contributed by atoms with E-state index in [1.807, 2.05) is 24.3 Å². The third kappa shape index (κ3) is 3.37. The molecule has 1 atom stereocenters. The second kappa shape index (κ2) is 6.19. The number of carbonyl (C=O) groups excluding carboxylic acids is 1. The number of anilines is 2. The largest absolute Gasteiger partial charge is 0.416 e. The highest BCUT2D eigenvalue weighted by Crippen LogP contribution is 2.33. The Kier molecular flexibility index (Phi) is 4.22. The third-order valence-corrected chi connectivity index (χ3v) is 4.20. The van der Waals surface area contributed by atoms with Crippen LogP contribution in [0.25, 0.3) is 0 Å². The van der Waals surface area contributed by atoms with Gasteiger partial charge in [0.05, 0.1) is 11.5 Å². The van der Waals surface area contributed by atoms with E-state index in [1.165, 1.54) is 19.1 Å². The van der Waals surface area contributed by atoms with Crippen molar-refractivity contribution in [3.63, 3.8) is 0 Å². The molecule has 2 N–H and O–H groups in total. The van der Waals surface area contributed by atoms with Crippen LogP contribution >= 0.6 is 0 Å². The molecule has 24 heavy (non-hydrogen) atoms. The Hall–Kier alpha value is -2.50. The zero-order valence-corrected chi connectivity index (χ0v) is 13.1. The average molecular weight is 334 g/mol. The number of nitrogens with one attached hydrogen (secondary N) is 2. The fourth-order valence-corrected chi connectivity index (χ4v) is 2.88. The zero-order valence-electron chi connectivity index (χ0n) is 13.1. The van der Waals surface area contributed by atoms with Crippen LogP contribution in [0.5, 0.6) is 0 Å². The number of carbonyl (C=O) groups is 1. The van der Waals surface area contributed by atoms with Crippen molar-refractivity contribution in [2.24, 2.45) is 5.92 Å². The molecule has 1 unspecified atom stereocenters. The lowest BCUT2D eigenvalue weighted by Crippen LogP contribution is -2.33. The van der Waals surface area contributed by atoms with Gasteiger partial charge in [0, 0.05) is 17.9 Å². The number of halogens is 3. The van der Waals surface area contributed by atoms with Crippen molar-refractivity contribution < 1.29 is 18.0 Å². The van der Waals surface area contributed by atoms with E-state index in [1.54, 1.807) is 0 Å². The number of alkyl halides is 3. The van der Waals surface area contributed by atoms with Crippen LogP contribution in [0.2, 0.25) is 0 Å². The first-order valence-corrected chi connectivity index (χ1v) is 7.65. The van der Waals surface area contributed by atoms with Crippen LogP contribution in [0.4, 0.5) is 24.5 Å². The molecule has 0 aromatic heterocycles. The monoisotopic (exact) mass is 334 g/mol. The van der Waals surface area contributed by atoms with Gasteiger partial charge in [0.1, 0.15) is 0 Å². The smallest absolute Gasteiger partial charge is 0.384 e. The molecule has 3 rings (SSSR count). The molecule has 1 amide bonds. The standard InChI is InChI=1S/C18H17F3N2O/c1-11-6-7-14(9-15(11)18(19,20)21)23-17(24)13-8-12-4-2-3-5-16(12)22-10-13/h2-7,9,13,22H,8,10H2,1H3,(H,23,24). The lowest BCUT2D eigenvalue weighted by molar-refractivity contribution is -0.138. The lowest BCUT2D eigenvalue weighted by atomic mass is 9.93. The van der Waals surface area contributed by atoms with E-state index in [4.69, 9.17) is 0 Å². The Bertz CT molecular complexity index is 771. The predicted molar refractivity (Wildman–Crippen MR) is 86.9 cm³/mol. The Morgan fingerprint density at radius 3 is 2.71 bits per heavy atom. The highest BCUT2D eigenvalue weighted by molar-refractivity contribution is 5.93. The summed E-state index contributed by atoms with van der Waals surface area (Å²) in [4.78, 5) is 12.4. The fraction of sp³-hybridized carbons (Fsp3) is 0.278. The summed E-state index contributed by atoms with van der Waals surface area (Å²) in [6.45, 7) is 1.86. The molecule has 3 nitrogen and oxygen atoms in total. The number of rotatable bonds is 2. The second-order valence-electron chi connectivity index (χ2n) is 5.96. The number of amides is 1. The molecule has 0 fully saturated rings. The van der Waals surface area contributed by atoms with Crippen molar-refractivity contribution in [2.45, 2.75) is 19.5 Å². The quantitative estimate of drug-likeness (QED) is 0.863. The van der Waals surface area contributed by atoms with Crippen LogP contribution < -0.4 is 10.6 Å². The van der Waals surface area contributed by atoms with E-state index in [0.717, 1.165) is 17.3 Å². The first-order chi connectivity index (χ1) is 11.3. The van der Waals surface area contributed by atoms with Crippen LogP contribution in [0.3, 0.4) is 0 Å². The lowest BCUT2D eigenvalue weighted by Gasteiger charge is -2.25. The SMILES string of the molecule is Cc1ccc(NC(=O)C2CNc3ccccc3C2)cc1C(F)(F)F. The molecule has 2 aromatic carbocycles. The summed E-state index contributed by atoms with van der Waals surface area (Å²) in [5.41, 5.74) is 1.60. The van der Waals surface area contributed by atoms with Crippen molar-refractivity contribution in [2.75, 3.05) is 17.2 Å². The minimum absolute atomic E-state index is 0.133. The summed E-state index contributed by atoms with van der Waals surface area (Å²) in [6, 6.07) is 11.5. The van der Waals surface area contributed by atoms with Crippen LogP contribution in [-0.2, 0) is 17.4 Å². The van der Waals surface area contributed by atoms with Crippen LogP contribution in [0.1, 0.15) is 16.7 Å². The molecular weight excluding hydrogens is 317 g/mol. The van der Waals surface area contributed by atoms with Crippen molar-refractivity contribution in [3.05, 3.63) is 59.2 Å². The number of hydrogen-bond acceptors (Lipinski definition) is 2. The van der Waals surface area contributed by atoms with E-state index >= 15 is 0 Å². The van der Waals surface area contributed by atoms with Gasteiger partial charge in [0.15, 0.2) is 0 Å². The number of fused-ring (bicyclic) bond motifs is 1. The van der Waals surface area contributed by atoms with E-state index in [9.17, 15) is 18.0 Å². The van der Waals surface area contributed by atoms with Crippen molar-refractivity contribution in [1.82, 2.24) is 0 Å². The molecule has 126 valence electrons. The number of para-hydroxylation sites is 1. The molecule has 6 heteroatoms. The zero-order chi connectivity index (χ0) is 17.3. The first-order valence-electron chi connectivity index (χ1n) is 7.65. The molecule has 0 radical (unpaired) electrons. The summed E-state index contributed by atoms with van der Waals surface area (Å²) in [5.74, 6) is -0.607. The Labute approximate surface area is 137 Å². The minimum atomic E-state index is -4.43. The van der Waals surface area contributed by atoms with E-state index in [2.05, 4.69) is 10.6 Å². The molecule has 0 saturated heterocycles. The Balaban J connectivity index is 1.74. The molecule has 0 aliphatic carbocycles. The fourth-order valence-electron chi connectivity index (χ4n) is 2.88. The maximum Gasteiger partial charge on any atom is 0.416 e. The second-order valence-corrected chi connectivity index (χ2v) is 5.96. The van der Waals surface area contributed by atoms with Gasteiger partial charge in [-0.25, -0.2) is 0 Å². The number of aryl methyl sites for hydroxylation is 1. The highest BCUT2D eigenvalue weighted by Gasteiger charge is 2.33. The molecule has 2 aromatic rings. The molecule has 1 aliphatic heterocycles. The number of hydrogen-bond donors (Lipinski definition) is 2. The summed E-state index contributed by atoms with van der Waals surface area (Å²) >= 11 is 0. The van der Waals surface area contributed by atoms with Crippen LogP contribution in [-0.4, -0.2) is 12.5 Å². The Morgan fingerprint density at radius 2 is 1.96 bits per heavy atom. The van der Waals surface area contributed by atoms with Gasteiger partial charge in [0.25, 0.3) is 0 Å². The predicted octanol–water partition coefficient (Wildman–Crippen LogP) is 4.24. The Morgan fingerprint density at radius 1 is 1.21 bits per heavy atom. The average Bonchev–Trinajstić information content (AvgIpc) is 2.55. The topological polar surface area (TPSA) is 41.1 Å². The number of benzene rings is 2. The van der Waals surface area contributed by atoms with Gasteiger partial charge in [-0.2, -0.15) is 13.2 Å². The molecular formula is C18H17F3N2O. The maximum absolute atomic E-state index is 13.0.